The summed E-state index contributed by atoms with van der Waals surface area (Å²) in [5, 5.41) is 15.0. The van der Waals surface area contributed by atoms with Gasteiger partial charge < -0.3 is 4.42 Å². The minimum Gasteiger partial charge on any atom is -0.455 e. The lowest BCUT2D eigenvalue weighted by Gasteiger charge is -2.02. The van der Waals surface area contributed by atoms with Crippen LogP contribution in [0.3, 0.4) is 0 Å². The summed E-state index contributed by atoms with van der Waals surface area (Å²) < 4.78 is 5.66. The number of nitro benzene ring substituents is 1. The Labute approximate surface area is 138 Å². The molecule has 3 rings (SSSR count). The second-order valence-electron chi connectivity index (χ2n) is 5.19. The van der Waals surface area contributed by atoms with E-state index in [1.54, 1.807) is 30.5 Å². The van der Waals surface area contributed by atoms with E-state index in [0.717, 1.165) is 11.3 Å². The number of para-hydroxylation sites is 1. The summed E-state index contributed by atoms with van der Waals surface area (Å²) in [6.45, 7) is 1.99. The van der Waals surface area contributed by atoms with Crippen molar-refractivity contribution in [3.63, 3.8) is 0 Å². The van der Waals surface area contributed by atoms with Gasteiger partial charge in [0.2, 0.25) is 0 Å². The highest BCUT2D eigenvalue weighted by Gasteiger charge is 2.09. The molecule has 6 nitrogen and oxygen atoms in total. The third-order valence-corrected chi connectivity index (χ3v) is 3.49. The van der Waals surface area contributed by atoms with Crippen LogP contribution in [0, 0.1) is 17.0 Å². The van der Waals surface area contributed by atoms with Crippen molar-refractivity contribution in [3.05, 3.63) is 82.1 Å². The van der Waals surface area contributed by atoms with Crippen molar-refractivity contribution in [1.29, 1.82) is 0 Å². The Balaban J connectivity index is 1.74. The van der Waals surface area contributed by atoms with Crippen molar-refractivity contribution in [2.24, 2.45) is 5.10 Å². The van der Waals surface area contributed by atoms with Gasteiger partial charge in [-0.15, -0.1) is 0 Å². The molecule has 0 aliphatic heterocycles. The summed E-state index contributed by atoms with van der Waals surface area (Å²) in [4.78, 5) is 10.4. The maximum absolute atomic E-state index is 10.8. The number of hydrogen-bond donors (Lipinski definition) is 1. The van der Waals surface area contributed by atoms with E-state index in [-0.39, 0.29) is 5.69 Å². The minimum atomic E-state index is -0.430. The van der Waals surface area contributed by atoms with E-state index in [1.165, 1.54) is 12.1 Å². The van der Waals surface area contributed by atoms with Gasteiger partial charge in [-0.2, -0.15) is 5.10 Å². The average Bonchev–Trinajstić information content (AvgIpc) is 3.06. The number of furan rings is 1. The van der Waals surface area contributed by atoms with Gasteiger partial charge in [0.15, 0.2) is 0 Å². The molecule has 0 aliphatic carbocycles. The molecule has 0 unspecified atom stereocenters. The van der Waals surface area contributed by atoms with E-state index in [0.29, 0.717) is 17.1 Å². The Morgan fingerprint density at radius 3 is 2.75 bits per heavy atom. The van der Waals surface area contributed by atoms with E-state index >= 15 is 0 Å². The molecule has 0 saturated heterocycles. The second kappa shape index (κ2) is 6.78. The van der Waals surface area contributed by atoms with Gasteiger partial charge in [0, 0.05) is 17.7 Å². The first-order valence-corrected chi connectivity index (χ1v) is 7.33. The smallest absolute Gasteiger partial charge is 0.270 e. The number of rotatable bonds is 5. The van der Waals surface area contributed by atoms with Crippen LogP contribution in [0.1, 0.15) is 11.3 Å². The van der Waals surface area contributed by atoms with E-state index in [2.05, 4.69) is 10.5 Å². The molecule has 2 aromatic carbocycles. The van der Waals surface area contributed by atoms with Gasteiger partial charge in [0.05, 0.1) is 16.8 Å². The molecule has 3 aromatic rings. The number of hydrazone groups is 1. The van der Waals surface area contributed by atoms with Crippen molar-refractivity contribution in [2.45, 2.75) is 6.92 Å². The lowest BCUT2D eigenvalue weighted by Crippen LogP contribution is -1.91. The molecule has 24 heavy (non-hydrogen) atoms. The average molecular weight is 321 g/mol. The molecule has 0 saturated carbocycles. The summed E-state index contributed by atoms with van der Waals surface area (Å²) in [6, 6.07) is 17.6. The van der Waals surface area contributed by atoms with Gasteiger partial charge in [-0.3, -0.25) is 15.5 Å². The fourth-order valence-electron chi connectivity index (χ4n) is 2.21. The first kappa shape index (κ1) is 15.5. The van der Waals surface area contributed by atoms with Crippen LogP contribution in [0.2, 0.25) is 0 Å². The number of nitrogens with zero attached hydrogens (tertiary/aromatic N) is 2. The minimum absolute atomic E-state index is 0.0281. The predicted octanol–water partition coefficient (Wildman–Crippen LogP) is 4.61. The van der Waals surface area contributed by atoms with Gasteiger partial charge in [-0.1, -0.05) is 30.3 Å². The monoisotopic (exact) mass is 321 g/mol. The van der Waals surface area contributed by atoms with E-state index in [9.17, 15) is 10.1 Å². The van der Waals surface area contributed by atoms with Crippen LogP contribution in [0.5, 0.6) is 0 Å². The van der Waals surface area contributed by atoms with Crippen molar-refractivity contribution < 1.29 is 9.34 Å². The molecule has 1 heterocycles. The van der Waals surface area contributed by atoms with Crippen LogP contribution in [-0.4, -0.2) is 11.1 Å². The van der Waals surface area contributed by atoms with Crippen LogP contribution >= 0.6 is 0 Å². The number of hydrogen-bond acceptors (Lipinski definition) is 5. The van der Waals surface area contributed by atoms with Crippen molar-refractivity contribution in [3.8, 4) is 11.3 Å². The summed E-state index contributed by atoms with van der Waals surface area (Å²) >= 11 is 0. The topological polar surface area (TPSA) is 80.7 Å². The number of aryl methyl sites for hydroxylation is 1. The highest BCUT2D eigenvalue weighted by atomic mass is 16.6. The second-order valence-corrected chi connectivity index (χ2v) is 5.19. The molecule has 0 bridgehead atoms. The van der Waals surface area contributed by atoms with Gasteiger partial charge in [0.25, 0.3) is 5.69 Å². The van der Waals surface area contributed by atoms with Gasteiger partial charge in [0.1, 0.15) is 11.5 Å². The van der Waals surface area contributed by atoms with Crippen LogP contribution in [0.25, 0.3) is 11.3 Å². The molecule has 0 radical (unpaired) electrons. The molecule has 0 aliphatic rings. The van der Waals surface area contributed by atoms with Crippen LogP contribution < -0.4 is 5.43 Å². The highest BCUT2D eigenvalue weighted by molar-refractivity contribution is 5.78. The number of non-ortho nitro benzene ring substituents is 1. The summed E-state index contributed by atoms with van der Waals surface area (Å²) in [5.41, 5.74) is 5.64. The molecule has 120 valence electrons. The zero-order chi connectivity index (χ0) is 16.9. The zero-order valence-corrected chi connectivity index (χ0v) is 13.0. The van der Waals surface area contributed by atoms with Crippen molar-refractivity contribution in [1.82, 2.24) is 0 Å². The SMILES string of the molecule is Cc1ccccc1N/N=C\c1ccc(-c2cccc([N+](=O)[O-])c2)o1. The van der Waals surface area contributed by atoms with Gasteiger partial charge in [-0.25, -0.2) is 0 Å². The van der Waals surface area contributed by atoms with E-state index < -0.39 is 4.92 Å². The normalized spacial score (nSPS) is 10.9. The third-order valence-electron chi connectivity index (χ3n) is 3.49. The van der Waals surface area contributed by atoms with E-state index in [1.807, 2.05) is 31.2 Å². The summed E-state index contributed by atoms with van der Waals surface area (Å²) in [7, 11) is 0. The highest BCUT2D eigenvalue weighted by Crippen LogP contribution is 2.25. The molecular formula is C18H15N3O3. The van der Waals surface area contributed by atoms with Crippen LogP contribution in [0.15, 0.2) is 70.2 Å². The third kappa shape index (κ3) is 3.49. The Kier molecular flexibility index (Phi) is 4.38. The fourth-order valence-corrected chi connectivity index (χ4v) is 2.21. The molecule has 0 amide bonds. The molecular weight excluding hydrogens is 306 g/mol. The fraction of sp³-hybridized carbons (Fsp3) is 0.0556. The van der Waals surface area contributed by atoms with Gasteiger partial charge in [-0.05, 0) is 30.7 Å². The van der Waals surface area contributed by atoms with E-state index in [4.69, 9.17) is 4.42 Å². The molecule has 6 heteroatoms. The molecule has 1 aromatic heterocycles. The Morgan fingerprint density at radius 2 is 1.96 bits per heavy atom. The molecule has 0 spiro atoms. The lowest BCUT2D eigenvalue weighted by atomic mass is 10.1. The summed E-state index contributed by atoms with van der Waals surface area (Å²) in [6.07, 6.45) is 1.56. The maximum atomic E-state index is 10.8. The standard InChI is InChI=1S/C18H15N3O3/c1-13-5-2-3-8-17(13)20-19-12-16-9-10-18(24-16)14-6-4-7-15(11-14)21(22)23/h2-12,20H,1H3/b19-12-. The van der Waals surface area contributed by atoms with Crippen LogP contribution in [0.4, 0.5) is 11.4 Å². The number of nitrogens with one attached hydrogen (secondary N) is 1. The Hall–Kier alpha value is -3.41. The maximum Gasteiger partial charge on any atom is 0.270 e. The molecule has 0 atom stereocenters. The summed E-state index contributed by atoms with van der Waals surface area (Å²) in [5.74, 6) is 1.11. The molecule has 0 fully saturated rings. The Bertz CT molecular complexity index is 900. The van der Waals surface area contributed by atoms with Crippen LogP contribution in [-0.2, 0) is 0 Å². The van der Waals surface area contributed by atoms with Crippen molar-refractivity contribution >= 4 is 17.6 Å². The number of benzene rings is 2. The van der Waals surface area contributed by atoms with Gasteiger partial charge >= 0.3 is 0 Å². The Morgan fingerprint density at radius 1 is 1.12 bits per heavy atom. The molecule has 1 N–H and O–H groups in total. The first-order valence-electron chi connectivity index (χ1n) is 7.33. The van der Waals surface area contributed by atoms with Crippen molar-refractivity contribution in [2.75, 3.05) is 5.43 Å². The lowest BCUT2D eigenvalue weighted by molar-refractivity contribution is -0.384. The quantitative estimate of drug-likeness (QED) is 0.423. The number of anilines is 1. The predicted molar refractivity (Wildman–Crippen MR) is 93.2 cm³/mol. The first-order chi connectivity index (χ1) is 11.6. The number of nitro groups is 1. The largest absolute Gasteiger partial charge is 0.455 e. The zero-order valence-electron chi connectivity index (χ0n) is 13.0.